The minimum absolute atomic E-state index is 0.326. The quantitative estimate of drug-likeness (QED) is 0.768. The second-order valence-corrected chi connectivity index (χ2v) is 7.98. The van der Waals surface area contributed by atoms with E-state index in [1.807, 2.05) is 27.7 Å². The summed E-state index contributed by atoms with van der Waals surface area (Å²) < 4.78 is 10.6. The van der Waals surface area contributed by atoms with Gasteiger partial charge in [-0.05, 0) is 24.7 Å². The molecule has 19 heavy (non-hydrogen) atoms. The summed E-state index contributed by atoms with van der Waals surface area (Å²) in [5.74, 6) is 0.0843. The van der Waals surface area contributed by atoms with Crippen LogP contribution in [0.2, 0.25) is 0 Å². The topological polar surface area (TPSA) is 76.7 Å². The highest BCUT2D eigenvalue weighted by Gasteiger charge is 2.66. The van der Waals surface area contributed by atoms with Crippen LogP contribution in [0.1, 0.15) is 40.5 Å². The van der Waals surface area contributed by atoms with Crippen LogP contribution in [0.15, 0.2) is 0 Å². The fraction of sp³-hybridized carbons (Fsp3) is 0.833. The largest absolute Gasteiger partial charge is 0.528 e. The van der Waals surface area contributed by atoms with Gasteiger partial charge in [0.15, 0.2) is 12.1 Å². The zero-order chi connectivity index (χ0) is 14.2. The summed E-state index contributed by atoms with van der Waals surface area (Å²) in [6.07, 6.45) is 1.35. The van der Waals surface area contributed by atoms with Crippen molar-refractivity contribution < 1.29 is 18.6 Å². The molecule has 2 heterocycles. The second kappa shape index (κ2) is 5.35. The summed E-state index contributed by atoms with van der Waals surface area (Å²) in [5.41, 5.74) is 0. The molecular weight excluding hydrogens is 267 g/mol. The van der Waals surface area contributed by atoms with Gasteiger partial charge in [-0.2, -0.15) is 0 Å². The highest BCUT2D eigenvalue weighted by molar-refractivity contribution is 7.64. The molecule has 6 nitrogen and oxygen atoms in total. The average Bonchev–Trinajstić information content (AvgIpc) is 2.67. The van der Waals surface area contributed by atoms with Gasteiger partial charge in [0.25, 0.3) is 0 Å². The Morgan fingerprint density at radius 3 is 1.63 bits per heavy atom. The van der Waals surface area contributed by atoms with Gasteiger partial charge in [0.2, 0.25) is 0 Å². The number of hydrogen-bond donors (Lipinski definition) is 2. The van der Waals surface area contributed by atoms with Crippen molar-refractivity contribution in [1.29, 1.82) is 0 Å². The van der Waals surface area contributed by atoms with E-state index in [-0.39, 0.29) is 24.0 Å². The number of rotatable bonds is 4. The number of hydrogen-bond acceptors (Lipinski definition) is 6. The van der Waals surface area contributed by atoms with Crippen LogP contribution in [-0.4, -0.2) is 24.0 Å². The molecule has 0 amide bonds. The molecule has 1 spiro atoms. The molecule has 0 aromatic heterocycles. The standard InChI is InChI=1S/C12H22N2O4P/c1-7(2)5-9-11(15)17-19(13-9)14-10(6-8(3)4)12(16)18-19/h7-10,13-14H,5-6H2,1-4H3/q+1. The molecule has 7 heteroatoms. The zero-order valence-corrected chi connectivity index (χ0v) is 12.7. The van der Waals surface area contributed by atoms with Crippen molar-refractivity contribution in [3.63, 3.8) is 0 Å². The summed E-state index contributed by atoms with van der Waals surface area (Å²) in [4.78, 5) is 23.6. The van der Waals surface area contributed by atoms with E-state index >= 15 is 0 Å². The van der Waals surface area contributed by atoms with Crippen molar-refractivity contribution in [3.05, 3.63) is 0 Å². The van der Waals surface area contributed by atoms with E-state index in [1.54, 1.807) is 0 Å². The fourth-order valence-corrected chi connectivity index (χ4v) is 4.62. The van der Waals surface area contributed by atoms with Crippen molar-refractivity contribution in [2.75, 3.05) is 0 Å². The predicted octanol–water partition coefficient (Wildman–Crippen LogP) is 1.79. The van der Waals surface area contributed by atoms with Crippen LogP contribution < -0.4 is 10.2 Å². The van der Waals surface area contributed by atoms with Gasteiger partial charge < -0.3 is 0 Å². The molecule has 0 aliphatic carbocycles. The Morgan fingerprint density at radius 2 is 1.32 bits per heavy atom. The van der Waals surface area contributed by atoms with Gasteiger partial charge in [-0.3, -0.25) is 0 Å². The minimum atomic E-state index is -2.73. The Kier molecular flexibility index (Phi) is 4.14. The fourth-order valence-electron chi connectivity index (χ4n) is 2.30. The molecule has 2 N–H and O–H groups in total. The molecule has 2 aliphatic heterocycles. The molecule has 2 unspecified atom stereocenters. The lowest BCUT2D eigenvalue weighted by molar-refractivity contribution is -0.136. The Balaban J connectivity index is 2.02. The Morgan fingerprint density at radius 1 is 0.947 bits per heavy atom. The number of carbonyl (C=O) groups excluding carboxylic acids is 2. The van der Waals surface area contributed by atoms with E-state index in [9.17, 15) is 9.59 Å². The third-order valence-corrected chi connectivity index (χ3v) is 5.25. The molecule has 2 fully saturated rings. The van der Waals surface area contributed by atoms with Crippen molar-refractivity contribution >= 4 is 20.0 Å². The molecule has 0 bridgehead atoms. The minimum Gasteiger partial charge on any atom is -0.245 e. The van der Waals surface area contributed by atoms with Crippen molar-refractivity contribution in [2.24, 2.45) is 11.8 Å². The normalized spacial score (nSPS) is 34.4. The molecule has 2 saturated heterocycles. The zero-order valence-electron chi connectivity index (χ0n) is 11.8. The van der Waals surface area contributed by atoms with Crippen LogP contribution in [0.3, 0.4) is 0 Å². The van der Waals surface area contributed by atoms with Crippen LogP contribution in [0.4, 0.5) is 0 Å². The molecular formula is C12H22N2O4P+. The van der Waals surface area contributed by atoms with Gasteiger partial charge in [0.1, 0.15) is 0 Å². The molecule has 0 aromatic rings. The van der Waals surface area contributed by atoms with E-state index in [4.69, 9.17) is 9.05 Å². The highest BCUT2D eigenvalue weighted by Crippen LogP contribution is 2.61. The highest BCUT2D eigenvalue weighted by atomic mass is 31.2. The van der Waals surface area contributed by atoms with E-state index < -0.39 is 8.02 Å². The van der Waals surface area contributed by atoms with Gasteiger partial charge in [0.05, 0.1) is 0 Å². The lowest BCUT2D eigenvalue weighted by atomic mass is 10.1. The molecule has 2 rings (SSSR count). The SMILES string of the molecule is CC(C)CC1N[P+]2(NC(CC(C)C)C(=O)O2)OC1=O. The van der Waals surface area contributed by atoms with Gasteiger partial charge in [-0.25, -0.2) is 18.6 Å². The lowest BCUT2D eigenvalue weighted by Gasteiger charge is -2.10. The van der Waals surface area contributed by atoms with Gasteiger partial charge >= 0.3 is 20.0 Å². The third kappa shape index (κ3) is 3.25. The Hall–Kier alpha value is -0.710. The van der Waals surface area contributed by atoms with E-state index in [1.165, 1.54) is 0 Å². The lowest BCUT2D eigenvalue weighted by Crippen LogP contribution is -2.33. The van der Waals surface area contributed by atoms with E-state index in [0.29, 0.717) is 24.7 Å². The van der Waals surface area contributed by atoms with Crippen LogP contribution >= 0.6 is 8.02 Å². The Bertz CT molecular complexity index is 350. The van der Waals surface area contributed by atoms with Crippen LogP contribution in [-0.2, 0) is 18.6 Å². The monoisotopic (exact) mass is 289 g/mol. The number of carbonyl (C=O) groups is 2. The molecule has 0 aromatic carbocycles. The summed E-state index contributed by atoms with van der Waals surface area (Å²) >= 11 is 0. The third-order valence-electron chi connectivity index (χ3n) is 3.07. The van der Waals surface area contributed by atoms with Crippen LogP contribution in [0.25, 0.3) is 0 Å². The molecule has 2 aliphatic rings. The van der Waals surface area contributed by atoms with Crippen LogP contribution in [0, 0.1) is 11.8 Å². The summed E-state index contributed by atoms with van der Waals surface area (Å²) in [6, 6.07) is -0.766. The van der Waals surface area contributed by atoms with Gasteiger partial charge in [-0.15, -0.1) is 0 Å². The van der Waals surface area contributed by atoms with Gasteiger partial charge in [-0.1, -0.05) is 37.9 Å². The van der Waals surface area contributed by atoms with E-state index in [2.05, 4.69) is 10.2 Å². The molecule has 108 valence electrons. The second-order valence-electron chi connectivity index (χ2n) is 5.99. The Labute approximate surface area is 114 Å². The summed E-state index contributed by atoms with van der Waals surface area (Å²) in [5, 5.41) is 6.13. The van der Waals surface area contributed by atoms with Crippen molar-refractivity contribution in [3.8, 4) is 0 Å². The van der Waals surface area contributed by atoms with Crippen LogP contribution in [0.5, 0.6) is 0 Å². The van der Waals surface area contributed by atoms with Gasteiger partial charge in [0, 0.05) is 0 Å². The number of nitrogens with one attached hydrogen (secondary N) is 2. The summed E-state index contributed by atoms with van der Waals surface area (Å²) in [7, 11) is -2.73. The average molecular weight is 289 g/mol. The maximum absolute atomic E-state index is 11.8. The molecule has 2 atom stereocenters. The first kappa shape index (κ1) is 14.7. The summed E-state index contributed by atoms with van der Waals surface area (Å²) in [6.45, 7) is 8.14. The van der Waals surface area contributed by atoms with Crippen molar-refractivity contribution in [2.45, 2.75) is 52.6 Å². The maximum atomic E-state index is 11.8. The van der Waals surface area contributed by atoms with E-state index in [0.717, 1.165) is 0 Å². The molecule has 0 radical (unpaired) electrons. The first-order valence-electron chi connectivity index (χ1n) is 6.73. The maximum Gasteiger partial charge on any atom is 0.528 e. The first-order valence-corrected chi connectivity index (χ1v) is 8.35. The van der Waals surface area contributed by atoms with Crippen molar-refractivity contribution in [1.82, 2.24) is 10.2 Å². The first-order chi connectivity index (χ1) is 8.81. The predicted molar refractivity (Wildman–Crippen MR) is 71.9 cm³/mol. The smallest absolute Gasteiger partial charge is 0.245 e. The molecule has 0 saturated carbocycles.